The molecule has 0 bridgehead atoms. The molecule has 0 spiro atoms. The van der Waals surface area contributed by atoms with Crippen LogP contribution in [0.4, 0.5) is 0 Å². The van der Waals surface area contributed by atoms with Gasteiger partial charge in [-0.15, -0.1) is 0 Å². The Hall–Kier alpha value is -2.61. The summed E-state index contributed by atoms with van der Waals surface area (Å²) in [5.41, 5.74) is 3.74. The molecule has 2 aromatic heterocycles. The van der Waals surface area contributed by atoms with Crippen LogP contribution in [-0.2, 0) is 7.05 Å². The molecule has 0 aliphatic carbocycles. The molecule has 0 saturated carbocycles. The fourth-order valence-electron chi connectivity index (χ4n) is 2.97. The summed E-state index contributed by atoms with van der Waals surface area (Å²) in [6.07, 6.45) is 4.21. The zero-order valence-corrected chi connectivity index (χ0v) is 11.3. The van der Waals surface area contributed by atoms with Crippen LogP contribution in [0.1, 0.15) is 0 Å². The number of benzene rings is 2. The lowest BCUT2D eigenvalue weighted by atomic mass is 10.1. The number of hydrogen-bond acceptors (Lipinski definition) is 0. The fourth-order valence-corrected chi connectivity index (χ4v) is 2.97. The van der Waals surface area contributed by atoms with E-state index in [-0.39, 0.29) is 0 Å². The lowest BCUT2D eigenvalue weighted by molar-refractivity contribution is -0.617. The lowest BCUT2D eigenvalue weighted by Gasteiger charge is -2.11. The van der Waals surface area contributed by atoms with Crippen molar-refractivity contribution in [2.24, 2.45) is 7.05 Å². The molecule has 0 atom stereocenters. The van der Waals surface area contributed by atoms with Crippen LogP contribution < -0.4 is 4.57 Å². The van der Waals surface area contributed by atoms with Crippen molar-refractivity contribution in [2.45, 2.75) is 0 Å². The van der Waals surface area contributed by atoms with E-state index in [1.807, 2.05) is 0 Å². The second-order valence-corrected chi connectivity index (χ2v) is 5.03. The molecule has 0 radical (unpaired) electrons. The molecule has 2 aromatic carbocycles. The molecule has 0 fully saturated rings. The maximum Gasteiger partial charge on any atom is 0.214 e. The summed E-state index contributed by atoms with van der Waals surface area (Å²) in [6, 6.07) is 21.3. The molecule has 4 rings (SSSR count). The molecular formula is C18H15N2+. The summed E-state index contributed by atoms with van der Waals surface area (Å²) >= 11 is 0. The first kappa shape index (κ1) is 11.2. The van der Waals surface area contributed by atoms with Crippen LogP contribution in [0.25, 0.3) is 27.5 Å². The molecule has 0 amide bonds. The predicted octanol–water partition coefficient (Wildman–Crippen LogP) is 3.61. The zero-order chi connectivity index (χ0) is 13.5. The minimum absolute atomic E-state index is 1.25. The first-order chi connectivity index (χ1) is 9.86. The van der Waals surface area contributed by atoms with Crippen molar-refractivity contribution < 1.29 is 4.57 Å². The van der Waals surface area contributed by atoms with Gasteiger partial charge in [0, 0.05) is 24.5 Å². The second-order valence-electron chi connectivity index (χ2n) is 5.03. The maximum absolute atomic E-state index is 2.26. The number of nitrogens with zero attached hydrogens (tertiary/aromatic N) is 2. The summed E-state index contributed by atoms with van der Waals surface area (Å²) < 4.78 is 4.46. The third-order valence-corrected chi connectivity index (χ3v) is 3.90. The summed E-state index contributed by atoms with van der Waals surface area (Å²) in [4.78, 5) is 0. The average Bonchev–Trinajstić information content (AvgIpc) is 3.02. The molecule has 0 unspecified atom stereocenters. The van der Waals surface area contributed by atoms with Crippen molar-refractivity contribution in [3.63, 3.8) is 0 Å². The maximum atomic E-state index is 2.26. The molecule has 4 aromatic rings. The molecule has 2 heterocycles. The monoisotopic (exact) mass is 259 g/mol. The second kappa shape index (κ2) is 4.20. The van der Waals surface area contributed by atoms with Gasteiger partial charge in [-0.1, -0.05) is 24.3 Å². The van der Waals surface area contributed by atoms with Gasteiger partial charge in [-0.25, -0.2) is 0 Å². The highest BCUT2D eigenvalue weighted by Gasteiger charge is 2.17. The SMILES string of the molecule is C[n+]1c2ccccc2c(-n2cccc2)c2ccccc21. The van der Waals surface area contributed by atoms with Crippen LogP contribution in [0.15, 0.2) is 73.1 Å². The van der Waals surface area contributed by atoms with Crippen molar-refractivity contribution in [3.8, 4) is 5.69 Å². The van der Waals surface area contributed by atoms with Crippen LogP contribution in [0.2, 0.25) is 0 Å². The number of aromatic nitrogens is 2. The summed E-state index contributed by atoms with van der Waals surface area (Å²) in [5, 5.41) is 2.54. The Kier molecular flexibility index (Phi) is 2.36. The van der Waals surface area contributed by atoms with E-state index in [9.17, 15) is 0 Å². The van der Waals surface area contributed by atoms with E-state index in [1.54, 1.807) is 0 Å². The van der Waals surface area contributed by atoms with Crippen LogP contribution in [0, 0.1) is 0 Å². The minimum Gasteiger partial charge on any atom is -0.322 e. The molecule has 0 N–H and O–H groups in total. The standard InChI is InChI=1S/C18H15N2/c1-19-16-10-4-2-8-14(16)18(20-12-6-7-13-20)15-9-3-5-11-17(15)19/h2-13H,1H3/q+1. The number of rotatable bonds is 1. The van der Waals surface area contributed by atoms with E-state index >= 15 is 0 Å². The van der Waals surface area contributed by atoms with E-state index in [0.717, 1.165) is 0 Å². The number of pyridine rings is 1. The average molecular weight is 259 g/mol. The van der Waals surface area contributed by atoms with Crippen molar-refractivity contribution in [1.82, 2.24) is 4.57 Å². The van der Waals surface area contributed by atoms with E-state index in [4.69, 9.17) is 0 Å². The van der Waals surface area contributed by atoms with Gasteiger partial charge in [0.25, 0.3) is 0 Å². The number of fused-ring (bicyclic) bond motifs is 2. The minimum atomic E-state index is 1.25. The number of para-hydroxylation sites is 2. The molecule has 0 aliphatic rings. The molecular weight excluding hydrogens is 244 g/mol. The van der Waals surface area contributed by atoms with Crippen LogP contribution in [0.5, 0.6) is 0 Å². The van der Waals surface area contributed by atoms with E-state index in [1.165, 1.54) is 27.5 Å². The number of aryl methyl sites for hydroxylation is 1. The van der Waals surface area contributed by atoms with Gasteiger partial charge in [-0.05, 0) is 24.3 Å². The molecule has 2 nitrogen and oxygen atoms in total. The third kappa shape index (κ3) is 1.48. The van der Waals surface area contributed by atoms with Gasteiger partial charge in [0.05, 0.1) is 16.5 Å². The van der Waals surface area contributed by atoms with Crippen LogP contribution in [0.3, 0.4) is 0 Å². The Labute approximate surface area is 117 Å². The van der Waals surface area contributed by atoms with Gasteiger partial charge in [0.2, 0.25) is 11.0 Å². The Morgan fingerprint density at radius 1 is 0.700 bits per heavy atom. The Morgan fingerprint density at radius 2 is 1.20 bits per heavy atom. The highest BCUT2D eigenvalue weighted by molar-refractivity contribution is 6.00. The normalized spacial score (nSPS) is 11.2. The summed E-state index contributed by atoms with van der Waals surface area (Å²) in [6.45, 7) is 0. The van der Waals surface area contributed by atoms with Gasteiger partial charge >= 0.3 is 0 Å². The first-order valence-electron chi connectivity index (χ1n) is 6.79. The number of hydrogen-bond donors (Lipinski definition) is 0. The van der Waals surface area contributed by atoms with Gasteiger partial charge in [0.1, 0.15) is 7.05 Å². The van der Waals surface area contributed by atoms with Crippen molar-refractivity contribution in [3.05, 3.63) is 73.1 Å². The first-order valence-corrected chi connectivity index (χ1v) is 6.79. The smallest absolute Gasteiger partial charge is 0.214 e. The largest absolute Gasteiger partial charge is 0.322 e. The van der Waals surface area contributed by atoms with Crippen molar-refractivity contribution in [2.75, 3.05) is 0 Å². The molecule has 0 saturated heterocycles. The highest BCUT2D eigenvalue weighted by Crippen LogP contribution is 2.27. The van der Waals surface area contributed by atoms with Crippen molar-refractivity contribution >= 4 is 21.8 Å². The zero-order valence-electron chi connectivity index (χ0n) is 11.3. The van der Waals surface area contributed by atoms with Gasteiger partial charge in [-0.2, -0.15) is 4.57 Å². The molecule has 96 valence electrons. The molecule has 2 heteroatoms. The van der Waals surface area contributed by atoms with Crippen molar-refractivity contribution in [1.29, 1.82) is 0 Å². The quantitative estimate of drug-likeness (QED) is 0.365. The van der Waals surface area contributed by atoms with E-state index < -0.39 is 0 Å². The van der Waals surface area contributed by atoms with Gasteiger partial charge in [0.15, 0.2) is 0 Å². The lowest BCUT2D eigenvalue weighted by Crippen LogP contribution is -2.30. The van der Waals surface area contributed by atoms with Gasteiger partial charge in [-0.3, -0.25) is 0 Å². The third-order valence-electron chi connectivity index (χ3n) is 3.90. The van der Waals surface area contributed by atoms with Crippen LogP contribution >= 0.6 is 0 Å². The molecule has 0 aliphatic heterocycles. The predicted molar refractivity (Wildman–Crippen MR) is 82.0 cm³/mol. The summed E-state index contributed by atoms with van der Waals surface area (Å²) in [7, 11) is 2.13. The van der Waals surface area contributed by atoms with E-state index in [0.29, 0.717) is 0 Å². The summed E-state index contributed by atoms with van der Waals surface area (Å²) in [5.74, 6) is 0. The Bertz CT molecular complexity index is 848. The van der Waals surface area contributed by atoms with E-state index in [2.05, 4.69) is 89.2 Å². The van der Waals surface area contributed by atoms with Gasteiger partial charge < -0.3 is 4.57 Å². The van der Waals surface area contributed by atoms with Crippen LogP contribution in [-0.4, -0.2) is 4.57 Å². The molecule has 20 heavy (non-hydrogen) atoms. The Balaban J connectivity index is 2.31. The highest BCUT2D eigenvalue weighted by atomic mass is 15.0. The Morgan fingerprint density at radius 3 is 1.75 bits per heavy atom. The fraction of sp³-hybridized carbons (Fsp3) is 0.0556. The topological polar surface area (TPSA) is 8.81 Å².